The van der Waals surface area contributed by atoms with Crippen LogP contribution in [0.1, 0.15) is 6.42 Å². The van der Waals surface area contributed by atoms with Crippen LogP contribution in [0.5, 0.6) is 0 Å². The molecule has 1 fully saturated rings. The molecule has 7 heteroatoms. The van der Waals surface area contributed by atoms with Gasteiger partial charge in [0.2, 0.25) is 15.9 Å². The number of likely N-dealkylation sites (tertiary alicyclic amines) is 1. The maximum atomic E-state index is 12.0. The fourth-order valence-corrected chi connectivity index (χ4v) is 3.16. The lowest BCUT2D eigenvalue weighted by Gasteiger charge is -2.16. The van der Waals surface area contributed by atoms with E-state index < -0.39 is 10.0 Å². The third kappa shape index (κ3) is 3.56. The average Bonchev–Trinajstić information content (AvgIpc) is 2.95. The lowest BCUT2D eigenvalue weighted by Crippen LogP contribution is -2.39. The van der Waals surface area contributed by atoms with Crippen LogP contribution < -0.4 is 4.72 Å². The summed E-state index contributed by atoms with van der Waals surface area (Å²) >= 11 is 0. The Morgan fingerprint density at radius 1 is 1.35 bits per heavy atom. The van der Waals surface area contributed by atoms with Gasteiger partial charge >= 0.3 is 0 Å². The van der Waals surface area contributed by atoms with E-state index in [1.807, 2.05) is 0 Å². The molecule has 1 aliphatic rings. The first-order valence-electron chi connectivity index (χ1n) is 6.46. The highest BCUT2D eigenvalue weighted by Crippen LogP contribution is 2.15. The lowest BCUT2D eigenvalue weighted by molar-refractivity contribution is -0.129. The van der Waals surface area contributed by atoms with Gasteiger partial charge in [0.05, 0.1) is 11.4 Å². The van der Waals surface area contributed by atoms with Gasteiger partial charge in [-0.15, -0.1) is 0 Å². The second-order valence-electron chi connectivity index (χ2n) is 4.81. The van der Waals surface area contributed by atoms with Crippen molar-refractivity contribution in [2.24, 2.45) is 5.92 Å². The van der Waals surface area contributed by atoms with Gasteiger partial charge in [0.25, 0.3) is 0 Å². The average molecular weight is 298 g/mol. The van der Waals surface area contributed by atoms with E-state index in [0.717, 1.165) is 6.42 Å². The molecule has 2 rings (SSSR count). The second kappa shape index (κ2) is 6.34. The summed E-state index contributed by atoms with van der Waals surface area (Å²) in [5, 5.41) is 9.02. The van der Waals surface area contributed by atoms with E-state index in [0.29, 0.717) is 13.1 Å². The Morgan fingerprint density at radius 3 is 2.65 bits per heavy atom. The van der Waals surface area contributed by atoms with E-state index in [4.69, 9.17) is 5.11 Å². The predicted molar refractivity (Wildman–Crippen MR) is 73.4 cm³/mol. The first kappa shape index (κ1) is 15.0. The molecule has 0 bridgehead atoms. The zero-order chi connectivity index (χ0) is 14.6. The van der Waals surface area contributed by atoms with Crippen LogP contribution in [-0.2, 0) is 14.8 Å². The fraction of sp³-hybridized carbons (Fsp3) is 0.462. The lowest BCUT2D eigenvalue weighted by atomic mass is 10.1. The van der Waals surface area contributed by atoms with E-state index >= 15 is 0 Å². The van der Waals surface area contributed by atoms with Gasteiger partial charge in [-0.25, -0.2) is 13.1 Å². The highest BCUT2D eigenvalue weighted by atomic mass is 32.2. The molecular weight excluding hydrogens is 280 g/mol. The standard InChI is InChI=1S/C13H18N2O4S/c16-10-11-6-7-15(9-11)13(17)8-14-20(18,19)12-4-2-1-3-5-12/h1-5,11,14,16H,6-10H2. The Balaban J connectivity index is 1.91. The summed E-state index contributed by atoms with van der Waals surface area (Å²) in [6, 6.07) is 7.93. The van der Waals surface area contributed by atoms with E-state index in [1.54, 1.807) is 23.1 Å². The maximum Gasteiger partial charge on any atom is 0.241 e. The molecule has 0 radical (unpaired) electrons. The fourth-order valence-electron chi connectivity index (χ4n) is 2.16. The monoisotopic (exact) mass is 298 g/mol. The number of aliphatic hydroxyl groups excluding tert-OH is 1. The van der Waals surface area contributed by atoms with Crippen molar-refractivity contribution in [1.82, 2.24) is 9.62 Å². The molecule has 1 saturated heterocycles. The zero-order valence-electron chi connectivity index (χ0n) is 11.0. The number of carbonyl (C=O) groups is 1. The van der Waals surface area contributed by atoms with Crippen LogP contribution in [0.2, 0.25) is 0 Å². The van der Waals surface area contributed by atoms with Crippen LogP contribution in [-0.4, -0.2) is 50.6 Å². The molecule has 1 unspecified atom stereocenters. The molecule has 1 aromatic rings. The zero-order valence-corrected chi connectivity index (χ0v) is 11.8. The van der Waals surface area contributed by atoms with Crippen molar-refractivity contribution in [2.45, 2.75) is 11.3 Å². The maximum absolute atomic E-state index is 12.0. The van der Waals surface area contributed by atoms with Crippen molar-refractivity contribution in [3.05, 3.63) is 30.3 Å². The van der Waals surface area contributed by atoms with Gasteiger partial charge in [-0.05, 0) is 18.6 Å². The number of rotatable bonds is 5. The third-order valence-corrected chi connectivity index (χ3v) is 4.78. The number of sulfonamides is 1. The molecular formula is C13H18N2O4S. The summed E-state index contributed by atoms with van der Waals surface area (Å²) in [7, 11) is -3.65. The van der Waals surface area contributed by atoms with Crippen LogP contribution in [0.3, 0.4) is 0 Å². The number of nitrogens with one attached hydrogen (secondary N) is 1. The number of benzene rings is 1. The number of hydrogen-bond donors (Lipinski definition) is 2. The van der Waals surface area contributed by atoms with Crippen molar-refractivity contribution < 1.29 is 18.3 Å². The van der Waals surface area contributed by atoms with Crippen LogP contribution in [0.15, 0.2) is 35.2 Å². The van der Waals surface area contributed by atoms with Crippen LogP contribution in [0, 0.1) is 5.92 Å². The van der Waals surface area contributed by atoms with Crippen molar-refractivity contribution in [3.8, 4) is 0 Å². The number of nitrogens with zero attached hydrogens (tertiary/aromatic N) is 1. The summed E-state index contributed by atoms with van der Waals surface area (Å²) < 4.78 is 26.2. The Kier molecular flexibility index (Phi) is 4.74. The highest BCUT2D eigenvalue weighted by Gasteiger charge is 2.26. The molecule has 0 saturated carbocycles. The Bertz CT molecular complexity index is 559. The number of amides is 1. The van der Waals surface area contributed by atoms with Crippen molar-refractivity contribution in [2.75, 3.05) is 26.2 Å². The molecule has 110 valence electrons. The van der Waals surface area contributed by atoms with Gasteiger partial charge in [0.15, 0.2) is 0 Å². The van der Waals surface area contributed by atoms with E-state index in [2.05, 4.69) is 4.72 Å². The smallest absolute Gasteiger partial charge is 0.241 e. The molecule has 1 aliphatic heterocycles. The molecule has 1 aromatic carbocycles. The first-order valence-corrected chi connectivity index (χ1v) is 7.94. The van der Waals surface area contributed by atoms with E-state index in [1.165, 1.54) is 12.1 Å². The molecule has 1 heterocycles. The van der Waals surface area contributed by atoms with Gasteiger partial charge in [-0.1, -0.05) is 18.2 Å². The van der Waals surface area contributed by atoms with Crippen molar-refractivity contribution in [3.63, 3.8) is 0 Å². The highest BCUT2D eigenvalue weighted by molar-refractivity contribution is 7.89. The molecule has 0 aromatic heterocycles. The molecule has 6 nitrogen and oxygen atoms in total. The Hall–Kier alpha value is -1.44. The minimum atomic E-state index is -3.65. The molecule has 1 amide bonds. The van der Waals surface area contributed by atoms with Crippen molar-refractivity contribution in [1.29, 1.82) is 0 Å². The molecule has 2 N–H and O–H groups in total. The molecule has 0 aliphatic carbocycles. The third-order valence-electron chi connectivity index (χ3n) is 3.36. The quantitative estimate of drug-likeness (QED) is 0.788. The topological polar surface area (TPSA) is 86.7 Å². The second-order valence-corrected chi connectivity index (χ2v) is 6.58. The minimum absolute atomic E-state index is 0.0551. The summed E-state index contributed by atoms with van der Waals surface area (Å²) in [5.41, 5.74) is 0. The van der Waals surface area contributed by atoms with Gasteiger partial charge < -0.3 is 10.0 Å². The van der Waals surface area contributed by atoms with Gasteiger partial charge in [-0.2, -0.15) is 0 Å². The molecule has 0 spiro atoms. The largest absolute Gasteiger partial charge is 0.396 e. The van der Waals surface area contributed by atoms with Crippen LogP contribution in [0.4, 0.5) is 0 Å². The van der Waals surface area contributed by atoms with E-state index in [-0.39, 0.29) is 29.9 Å². The Morgan fingerprint density at radius 2 is 2.05 bits per heavy atom. The SMILES string of the molecule is O=C(CNS(=O)(=O)c1ccccc1)N1CCC(CO)C1. The molecule has 20 heavy (non-hydrogen) atoms. The number of aliphatic hydroxyl groups is 1. The summed E-state index contributed by atoms with van der Waals surface area (Å²) in [6.45, 7) is 0.856. The molecule has 1 atom stereocenters. The van der Waals surface area contributed by atoms with Crippen LogP contribution in [0.25, 0.3) is 0 Å². The number of hydrogen-bond acceptors (Lipinski definition) is 4. The minimum Gasteiger partial charge on any atom is -0.396 e. The van der Waals surface area contributed by atoms with Gasteiger partial charge in [0, 0.05) is 25.6 Å². The van der Waals surface area contributed by atoms with Crippen LogP contribution >= 0.6 is 0 Å². The Labute approximate surface area is 118 Å². The summed E-state index contributed by atoms with van der Waals surface area (Å²) in [4.78, 5) is 13.6. The summed E-state index contributed by atoms with van der Waals surface area (Å²) in [5.74, 6) is -0.162. The number of carbonyl (C=O) groups excluding carboxylic acids is 1. The predicted octanol–water partition coefficient (Wildman–Crippen LogP) is -0.194. The van der Waals surface area contributed by atoms with E-state index in [9.17, 15) is 13.2 Å². The van der Waals surface area contributed by atoms with Gasteiger partial charge in [-0.3, -0.25) is 4.79 Å². The first-order chi connectivity index (χ1) is 9.53. The van der Waals surface area contributed by atoms with Gasteiger partial charge in [0.1, 0.15) is 0 Å². The van der Waals surface area contributed by atoms with Crippen molar-refractivity contribution >= 4 is 15.9 Å². The summed E-state index contributed by atoms with van der Waals surface area (Å²) in [6.07, 6.45) is 0.758. The normalized spacial score (nSPS) is 19.2.